The van der Waals surface area contributed by atoms with Crippen LogP contribution in [0.25, 0.3) is 0 Å². The fourth-order valence-electron chi connectivity index (χ4n) is 1.47. The van der Waals surface area contributed by atoms with E-state index in [0.717, 1.165) is 0 Å². The van der Waals surface area contributed by atoms with E-state index in [9.17, 15) is 14.4 Å². The van der Waals surface area contributed by atoms with Crippen molar-refractivity contribution in [3.8, 4) is 0 Å². The molecule has 16 heavy (non-hydrogen) atoms. The van der Waals surface area contributed by atoms with Gasteiger partial charge in [0.1, 0.15) is 6.04 Å². The lowest BCUT2D eigenvalue weighted by molar-refractivity contribution is -0.134. The number of amides is 3. The van der Waals surface area contributed by atoms with Gasteiger partial charge in [0.05, 0.1) is 5.56 Å². The van der Waals surface area contributed by atoms with Gasteiger partial charge in [0.2, 0.25) is 11.8 Å². The highest BCUT2D eigenvalue weighted by Crippen LogP contribution is 2.08. The van der Waals surface area contributed by atoms with Crippen molar-refractivity contribution in [3.05, 3.63) is 22.4 Å². The highest BCUT2D eigenvalue weighted by Gasteiger charge is 2.27. The van der Waals surface area contributed by atoms with Crippen LogP contribution in [0, 0.1) is 0 Å². The number of piperidine rings is 1. The smallest absolute Gasteiger partial charge is 0.252 e. The standard InChI is InChI=1S/C10H10N2O3S/c13-8-2-1-7(10(15)12-8)11-9(14)6-3-4-16-5-6/h3-5,7H,1-2H2,(H,11,14)(H,12,13,15)/t7-/m0/s1. The van der Waals surface area contributed by atoms with Crippen LogP contribution in [-0.2, 0) is 9.59 Å². The molecule has 0 radical (unpaired) electrons. The van der Waals surface area contributed by atoms with Gasteiger partial charge in [0.25, 0.3) is 5.91 Å². The normalized spacial score (nSPS) is 20.4. The van der Waals surface area contributed by atoms with Crippen molar-refractivity contribution in [3.63, 3.8) is 0 Å². The Hall–Kier alpha value is -1.69. The molecule has 0 spiro atoms. The second-order valence-electron chi connectivity index (χ2n) is 3.49. The van der Waals surface area contributed by atoms with Crippen molar-refractivity contribution in [1.82, 2.24) is 10.6 Å². The summed E-state index contributed by atoms with van der Waals surface area (Å²) in [5.41, 5.74) is 0.537. The molecule has 0 bridgehead atoms. The Morgan fingerprint density at radius 2 is 2.31 bits per heavy atom. The van der Waals surface area contributed by atoms with E-state index >= 15 is 0 Å². The summed E-state index contributed by atoms with van der Waals surface area (Å²) in [5.74, 6) is -0.999. The van der Waals surface area contributed by atoms with Gasteiger partial charge in [-0.1, -0.05) is 0 Å². The summed E-state index contributed by atoms with van der Waals surface area (Å²) < 4.78 is 0. The summed E-state index contributed by atoms with van der Waals surface area (Å²) >= 11 is 1.42. The third kappa shape index (κ3) is 2.27. The van der Waals surface area contributed by atoms with Crippen LogP contribution in [0.15, 0.2) is 16.8 Å². The third-order valence-electron chi connectivity index (χ3n) is 2.33. The Balaban J connectivity index is 1.97. The molecule has 2 heterocycles. The van der Waals surface area contributed by atoms with Crippen molar-refractivity contribution in [2.24, 2.45) is 0 Å². The Morgan fingerprint density at radius 3 is 2.94 bits per heavy atom. The van der Waals surface area contributed by atoms with Crippen LogP contribution in [0.4, 0.5) is 0 Å². The van der Waals surface area contributed by atoms with E-state index in [1.165, 1.54) is 11.3 Å². The Kier molecular flexibility index (Phi) is 3.00. The first-order chi connectivity index (χ1) is 7.66. The van der Waals surface area contributed by atoms with E-state index in [4.69, 9.17) is 0 Å². The van der Waals surface area contributed by atoms with Crippen LogP contribution < -0.4 is 10.6 Å². The molecule has 5 nitrogen and oxygen atoms in total. The number of hydrogen-bond acceptors (Lipinski definition) is 4. The molecule has 1 aliphatic rings. The molecule has 84 valence electrons. The first kappa shape index (κ1) is 10.8. The van der Waals surface area contributed by atoms with Crippen molar-refractivity contribution < 1.29 is 14.4 Å². The fourth-order valence-corrected chi connectivity index (χ4v) is 2.10. The monoisotopic (exact) mass is 238 g/mol. The molecule has 0 saturated carbocycles. The van der Waals surface area contributed by atoms with E-state index in [1.54, 1.807) is 16.8 Å². The molecular weight excluding hydrogens is 228 g/mol. The van der Waals surface area contributed by atoms with Crippen molar-refractivity contribution in [2.75, 3.05) is 0 Å². The zero-order valence-corrected chi connectivity index (χ0v) is 9.17. The van der Waals surface area contributed by atoms with Crippen LogP contribution >= 0.6 is 11.3 Å². The van der Waals surface area contributed by atoms with Gasteiger partial charge in [-0.3, -0.25) is 19.7 Å². The topological polar surface area (TPSA) is 75.3 Å². The van der Waals surface area contributed by atoms with E-state index in [-0.39, 0.29) is 18.2 Å². The third-order valence-corrected chi connectivity index (χ3v) is 3.01. The predicted octanol–water partition coefficient (Wildman–Crippen LogP) is 0.283. The summed E-state index contributed by atoms with van der Waals surface area (Å²) in [6, 6.07) is 1.08. The lowest BCUT2D eigenvalue weighted by atomic mass is 10.1. The van der Waals surface area contributed by atoms with Crippen molar-refractivity contribution >= 4 is 29.1 Å². The molecule has 0 aromatic carbocycles. The largest absolute Gasteiger partial charge is 0.340 e. The van der Waals surface area contributed by atoms with E-state index in [2.05, 4.69) is 10.6 Å². The van der Waals surface area contributed by atoms with E-state index in [0.29, 0.717) is 12.0 Å². The molecule has 2 rings (SSSR count). The van der Waals surface area contributed by atoms with Crippen molar-refractivity contribution in [1.29, 1.82) is 0 Å². The number of carbonyl (C=O) groups is 3. The van der Waals surface area contributed by atoms with Gasteiger partial charge in [0, 0.05) is 11.8 Å². The first-order valence-corrected chi connectivity index (χ1v) is 5.78. The van der Waals surface area contributed by atoms with Crippen LogP contribution in [0.1, 0.15) is 23.2 Å². The minimum atomic E-state index is -0.606. The molecule has 3 amide bonds. The number of imide groups is 1. The quantitative estimate of drug-likeness (QED) is 0.727. The number of carbonyl (C=O) groups excluding carboxylic acids is 3. The lowest BCUT2D eigenvalue weighted by Gasteiger charge is -2.21. The molecule has 1 saturated heterocycles. The second kappa shape index (κ2) is 4.44. The maximum Gasteiger partial charge on any atom is 0.252 e. The van der Waals surface area contributed by atoms with E-state index < -0.39 is 11.9 Å². The molecule has 1 aliphatic heterocycles. The highest BCUT2D eigenvalue weighted by atomic mass is 32.1. The molecule has 1 aromatic rings. The zero-order valence-electron chi connectivity index (χ0n) is 8.36. The molecule has 1 atom stereocenters. The van der Waals surface area contributed by atoms with Crippen molar-refractivity contribution in [2.45, 2.75) is 18.9 Å². The Labute approximate surface area is 95.8 Å². The zero-order chi connectivity index (χ0) is 11.5. The van der Waals surface area contributed by atoms with Crippen LogP contribution in [-0.4, -0.2) is 23.8 Å². The Bertz CT molecular complexity index is 427. The Morgan fingerprint density at radius 1 is 1.50 bits per heavy atom. The highest BCUT2D eigenvalue weighted by molar-refractivity contribution is 7.08. The maximum atomic E-state index is 11.6. The molecule has 6 heteroatoms. The number of rotatable bonds is 2. The van der Waals surface area contributed by atoms with Crippen LogP contribution in [0.2, 0.25) is 0 Å². The minimum absolute atomic E-state index is 0.264. The average Bonchev–Trinajstić information content (AvgIpc) is 2.75. The summed E-state index contributed by atoms with van der Waals surface area (Å²) in [5, 5.41) is 8.29. The minimum Gasteiger partial charge on any atom is -0.340 e. The molecule has 0 unspecified atom stereocenters. The summed E-state index contributed by atoms with van der Waals surface area (Å²) in [6.07, 6.45) is 0.626. The molecule has 1 fully saturated rings. The molecule has 2 N–H and O–H groups in total. The van der Waals surface area contributed by atoms with Gasteiger partial charge < -0.3 is 5.32 Å². The second-order valence-corrected chi connectivity index (χ2v) is 4.27. The predicted molar refractivity (Wildman–Crippen MR) is 58.0 cm³/mol. The van der Waals surface area contributed by atoms with Gasteiger partial charge in [-0.05, 0) is 17.9 Å². The molecule has 1 aromatic heterocycles. The summed E-state index contributed by atoms with van der Waals surface area (Å²) in [7, 11) is 0. The number of hydrogen-bond donors (Lipinski definition) is 2. The van der Waals surface area contributed by atoms with Gasteiger partial charge >= 0.3 is 0 Å². The summed E-state index contributed by atoms with van der Waals surface area (Å²) in [6.45, 7) is 0. The first-order valence-electron chi connectivity index (χ1n) is 4.83. The van der Waals surface area contributed by atoms with Gasteiger partial charge in [0.15, 0.2) is 0 Å². The van der Waals surface area contributed by atoms with Gasteiger partial charge in [-0.25, -0.2) is 0 Å². The lowest BCUT2D eigenvalue weighted by Crippen LogP contribution is -2.52. The van der Waals surface area contributed by atoms with Crippen LogP contribution in [0.3, 0.4) is 0 Å². The number of nitrogens with one attached hydrogen (secondary N) is 2. The molecular formula is C10H10N2O3S. The fraction of sp³-hybridized carbons (Fsp3) is 0.300. The van der Waals surface area contributed by atoms with Gasteiger partial charge in [-0.15, -0.1) is 0 Å². The summed E-state index contributed by atoms with van der Waals surface area (Å²) in [4.78, 5) is 33.9. The SMILES string of the molecule is O=C1CC[C@H](NC(=O)c2ccsc2)C(=O)N1. The molecule has 0 aliphatic carbocycles. The van der Waals surface area contributed by atoms with Gasteiger partial charge in [-0.2, -0.15) is 11.3 Å². The number of thiophene rings is 1. The van der Waals surface area contributed by atoms with Crippen LogP contribution in [0.5, 0.6) is 0 Å². The maximum absolute atomic E-state index is 11.6. The average molecular weight is 238 g/mol. The van der Waals surface area contributed by atoms with E-state index in [1.807, 2.05) is 0 Å².